The second kappa shape index (κ2) is 10.9. The highest BCUT2D eigenvalue weighted by molar-refractivity contribution is 7.89. The molecule has 2 N–H and O–H groups in total. The lowest BCUT2D eigenvalue weighted by Gasteiger charge is -2.22. The number of hydrazone groups is 1. The SMILES string of the molecule is O=S(=O)(NC(C1=NNC(c2ccc(Cl)cc2)C1)c1ccc(Cl)cc1Cl)c1ccccc1-c1ccccc1. The summed E-state index contributed by atoms with van der Waals surface area (Å²) in [4.78, 5) is 0.164. The summed E-state index contributed by atoms with van der Waals surface area (Å²) >= 11 is 18.7. The molecular weight excluding hydrogens is 549 g/mol. The van der Waals surface area contributed by atoms with Gasteiger partial charge in [0, 0.05) is 27.1 Å². The van der Waals surface area contributed by atoms with Crippen LogP contribution in [0.15, 0.2) is 107 Å². The van der Waals surface area contributed by atoms with Crippen molar-refractivity contribution in [2.24, 2.45) is 5.10 Å². The van der Waals surface area contributed by atoms with E-state index in [0.717, 1.165) is 11.1 Å². The summed E-state index contributed by atoms with van der Waals surface area (Å²) in [6.45, 7) is 0. The number of hydrogen-bond acceptors (Lipinski definition) is 4. The summed E-state index contributed by atoms with van der Waals surface area (Å²) in [5.41, 5.74) is 6.67. The molecule has 0 amide bonds. The van der Waals surface area contributed by atoms with Crippen molar-refractivity contribution in [1.82, 2.24) is 10.1 Å². The smallest absolute Gasteiger partial charge is 0.242 e. The number of hydrogen-bond donors (Lipinski definition) is 2. The fourth-order valence-electron chi connectivity index (χ4n) is 4.35. The molecule has 2 atom stereocenters. The monoisotopic (exact) mass is 569 g/mol. The summed E-state index contributed by atoms with van der Waals surface area (Å²) in [5, 5.41) is 5.96. The lowest BCUT2D eigenvalue weighted by atomic mass is 9.96. The summed E-state index contributed by atoms with van der Waals surface area (Å²) in [6.07, 6.45) is 0.466. The van der Waals surface area contributed by atoms with E-state index in [-0.39, 0.29) is 10.9 Å². The number of halogens is 3. The predicted molar refractivity (Wildman–Crippen MR) is 151 cm³/mol. The standard InChI is InChI=1S/C28H22Cl3N3O2S/c29-20-12-10-19(11-13-20)25-17-26(33-32-25)28(23-15-14-21(30)16-24(23)31)34-37(35,36)27-9-5-4-8-22(27)18-6-2-1-3-7-18/h1-16,25,28,32,34H,17H2. The van der Waals surface area contributed by atoms with Crippen LogP contribution in [-0.2, 0) is 10.0 Å². The van der Waals surface area contributed by atoms with E-state index >= 15 is 0 Å². The number of sulfonamides is 1. The van der Waals surface area contributed by atoms with Gasteiger partial charge in [0.1, 0.15) is 0 Å². The molecule has 188 valence electrons. The average molecular weight is 571 g/mol. The molecule has 4 aromatic carbocycles. The van der Waals surface area contributed by atoms with Crippen molar-refractivity contribution < 1.29 is 8.42 Å². The van der Waals surface area contributed by atoms with Crippen molar-refractivity contribution in [3.05, 3.63) is 123 Å². The van der Waals surface area contributed by atoms with E-state index < -0.39 is 16.1 Å². The van der Waals surface area contributed by atoms with Gasteiger partial charge in [0.2, 0.25) is 10.0 Å². The molecule has 0 bridgehead atoms. The van der Waals surface area contributed by atoms with E-state index in [1.165, 1.54) is 0 Å². The van der Waals surface area contributed by atoms with Gasteiger partial charge in [0.25, 0.3) is 0 Å². The first-order valence-corrected chi connectivity index (χ1v) is 14.1. The van der Waals surface area contributed by atoms with E-state index in [9.17, 15) is 8.42 Å². The van der Waals surface area contributed by atoms with Gasteiger partial charge in [-0.15, -0.1) is 0 Å². The van der Waals surface area contributed by atoms with Crippen LogP contribution in [0.5, 0.6) is 0 Å². The van der Waals surface area contributed by atoms with Crippen LogP contribution in [0.25, 0.3) is 11.1 Å². The van der Waals surface area contributed by atoms with Crippen LogP contribution in [0.1, 0.15) is 29.6 Å². The van der Waals surface area contributed by atoms with Crippen molar-refractivity contribution in [2.75, 3.05) is 0 Å². The molecule has 1 aliphatic rings. The first-order valence-electron chi connectivity index (χ1n) is 11.5. The topological polar surface area (TPSA) is 70.6 Å². The lowest BCUT2D eigenvalue weighted by molar-refractivity contribution is 0.576. The number of rotatable bonds is 7. The Morgan fingerprint density at radius 2 is 1.51 bits per heavy atom. The first kappa shape index (κ1) is 25.8. The Labute approximate surface area is 231 Å². The van der Waals surface area contributed by atoms with Gasteiger partial charge >= 0.3 is 0 Å². The van der Waals surface area contributed by atoms with Gasteiger partial charge in [-0.2, -0.15) is 9.82 Å². The third kappa shape index (κ3) is 5.69. The Morgan fingerprint density at radius 3 is 2.24 bits per heavy atom. The summed E-state index contributed by atoms with van der Waals surface area (Å²) in [7, 11) is -4.01. The third-order valence-electron chi connectivity index (χ3n) is 6.19. The largest absolute Gasteiger partial charge is 0.302 e. The van der Waals surface area contributed by atoms with Gasteiger partial charge < -0.3 is 5.43 Å². The maximum Gasteiger partial charge on any atom is 0.242 e. The highest BCUT2D eigenvalue weighted by Crippen LogP contribution is 2.35. The molecule has 1 aliphatic heterocycles. The van der Waals surface area contributed by atoms with Crippen molar-refractivity contribution in [2.45, 2.75) is 23.4 Å². The minimum Gasteiger partial charge on any atom is -0.302 e. The van der Waals surface area contributed by atoms with Crippen molar-refractivity contribution >= 4 is 50.5 Å². The second-order valence-corrected chi connectivity index (χ2v) is 11.6. The molecule has 37 heavy (non-hydrogen) atoms. The molecule has 0 fully saturated rings. The zero-order chi connectivity index (χ0) is 26.0. The van der Waals surface area contributed by atoms with E-state index in [0.29, 0.717) is 38.3 Å². The number of benzene rings is 4. The molecule has 0 aliphatic carbocycles. The van der Waals surface area contributed by atoms with Crippen LogP contribution in [0, 0.1) is 0 Å². The highest BCUT2D eigenvalue weighted by Gasteiger charge is 2.33. The molecule has 9 heteroatoms. The van der Waals surface area contributed by atoms with Gasteiger partial charge in [0.05, 0.1) is 22.7 Å². The fourth-order valence-corrected chi connectivity index (χ4v) is 6.43. The molecule has 0 radical (unpaired) electrons. The van der Waals surface area contributed by atoms with Crippen LogP contribution < -0.4 is 10.1 Å². The summed E-state index contributed by atoms with van der Waals surface area (Å²) < 4.78 is 30.6. The molecule has 0 spiro atoms. The first-order chi connectivity index (χ1) is 17.8. The van der Waals surface area contributed by atoms with Gasteiger partial charge in [-0.3, -0.25) is 0 Å². The molecule has 4 aromatic rings. The number of nitrogens with one attached hydrogen (secondary N) is 2. The maximum absolute atomic E-state index is 13.9. The zero-order valence-corrected chi connectivity index (χ0v) is 22.5. The molecule has 5 nitrogen and oxygen atoms in total. The van der Waals surface area contributed by atoms with E-state index in [4.69, 9.17) is 34.8 Å². The summed E-state index contributed by atoms with van der Waals surface area (Å²) in [5.74, 6) is 0. The molecule has 5 rings (SSSR count). The molecule has 0 saturated heterocycles. The fraction of sp³-hybridized carbons (Fsp3) is 0.107. The average Bonchev–Trinajstić information content (AvgIpc) is 3.39. The lowest BCUT2D eigenvalue weighted by Crippen LogP contribution is -2.34. The number of nitrogens with zero attached hydrogens (tertiary/aromatic N) is 1. The van der Waals surface area contributed by atoms with Crippen LogP contribution in [0.2, 0.25) is 15.1 Å². The quantitative estimate of drug-likeness (QED) is 0.243. The Morgan fingerprint density at radius 1 is 0.838 bits per heavy atom. The Bertz CT molecular complexity index is 1560. The summed E-state index contributed by atoms with van der Waals surface area (Å²) in [6, 6.07) is 27.8. The van der Waals surface area contributed by atoms with Crippen molar-refractivity contribution in [3.63, 3.8) is 0 Å². The van der Waals surface area contributed by atoms with Crippen LogP contribution in [0.4, 0.5) is 0 Å². The molecular formula is C28H22Cl3N3O2S. The normalized spacial score (nSPS) is 16.2. The van der Waals surface area contributed by atoms with Gasteiger partial charge in [-0.1, -0.05) is 102 Å². The molecule has 0 saturated carbocycles. The third-order valence-corrected chi connectivity index (χ3v) is 8.49. The van der Waals surface area contributed by atoms with Crippen LogP contribution >= 0.6 is 34.8 Å². The maximum atomic E-state index is 13.9. The Kier molecular flexibility index (Phi) is 7.56. The van der Waals surface area contributed by atoms with Crippen molar-refractivity contribution in [3.8, 4) is 11.1 Å². The molecule has 2 unspecified atom stereocenters. The van der Waals surface area contributed by atoms with Crippen molar-refractivity contribution in [1.29, 1.82) is 0 Å². The van der Waals surface area contributed by atoms with Gasteiger partial charge in [-0.05, 0) is 47.0 Å². The second-order valence-electron chi connectivity index (χ2n) is 8.62. The zero-order valence-electron chi connectivity index (χ0n) is 19.4. The van der Waals surface area contributed by atoms with E-state index in [2.05, 4.69) is 15.2 Å². The van der Waals surface area contributed by atoms with E-state index in [1.54, 1.807) is 36.4 Å². The van der Waals surface area contributed by atoms with Crippen LogP contribution in [0.3, 0.4) is 0 Å². The molecule has 0 aromatic heterocycles. The minimum absolute atomic E-state index is 0.137. The van der Waals surface area contributed by atoms with Gasteiger partial charge in [-0.25, -0.2) is 8.42 Å². The van der Waals surface area contributed by atoms with E-state index in [1.807, 2.05) is 60.7 Å². The Balaban J connectivity index is 1.52. The van der Waals surface area contributed by atoms with Gasteiger partial charge in [0.15, 0.2) is 0 Å². The predicted octanol–water partition coefficient (Wildman–Crippen LogP) is 7.42. The highest BCUT2D eigenvalue weighted by atomic mass is 35.5. The Hall–Kier alpha value is -2.87. The minimum atomic E-state index is -4.01. The van der Waals surface area contributed by atoms with Crippen LogP contribution in [-0.4, -0.2) is 14.1 Å². The molecule has 1 heterocycles.